The summed E-state index contributed by atoms with van der Waals surface area (Å²) in [6.07, 6.45) is 0. The number of hydrogen-bond donors (Lipinski definition) is 2. The molecule has 0 fully saturated rings. The van der Waals surface area contributed by atoms with Crippen molar-refractivity contribution in [2.24, 2.45) is 0 Å². The summed E-state index contributed by atoms with van der Waals surface area (Å²) in [5.41, 5.74) is 0.454. The fourth-order valence-corrected chi connectivity index (χ4v) is 4.33. The Morgan fingerprint density at radius 3 is 2.59 bits per heavy atom. The fourth-order valence-electron chi connectivity index (χ4n) is 2.11. The first kappa shape index (κ1) is 21.2. The summed E-state index contributed by atoms with van der Waals surface area (Å²) in [4.78, 5) is 12.4. The van der Waals surface area contributed by atoms with Gasteiger partial charge < -0.3 is 19.5 Å². The van der Waals surface area contributed by atoms with Gasteiger partial charge in [-0.3, -0.25) is 4.79 Å². The van der Waals surface area contributed by atoms with Crippen molar-refractivity contribution < 1.29 is 27.4 Å². The number of amides is 1. The topological polar surface area (TPSA) is 103 Å². The molecule has 1 unspecified atom stereocenters. The number of methoxy groups -OCH3 is 2. The first-order chi connectivity index (χ1) is 12.9. The lowest BCUT2D eigenvalue weighted by Gasteiger charge is -2.15. The Labute approximate surface area is 162 Å². The molecule has 148 valence electrons. The number of benzene rings is 1. The molecule has 10 heteroatoms. The van der Waals surface area contributed by atoms with Gasteiger partial charge in [-0.15, -0.1) is 11.3 Å². The zero-order valence-electron chi connectivity index (χ0n) is 15.2. The first-order valence-electron chi connectivity index (χ1n) is 8.04. The second kappa shape index (κ2) is 9.70. The van der Waals surface area contributed by atoms with Gasteiger partial charge in [0, 0.05) is 18.9 Å². The molecule has 1 atom stereocenters. The van der Waals surface area contributed by atoms with Gasteiger partial charge in [-0.2, -0.15) is 4.72 Å². The molecule has 1 aromatic heterocycles. The highest BCUT2D eigenvalue weighted by molar-refractivity contribution is 7.91. The number of thiophene rings is 1. The van der Waals surface area contributed by atoms with Gasteiger partial charge >= 0.3 is 0 Å². The van der Waals surface area contributed by atoms with Gasteiger partial charge in [-0.05, 0) is 30.5 Å². The minimum atomic E-state index is -3.74. The van der Waals surface area contributed by atoms with Gasteiger partial charge in [-0.25, -0.2) is 8.42 Å². The number of nitrogens with one attached hydrogen (secondary N) is 2. The minimum absolute atomic E-state index is 0.153. The normalized spacial score (nSPS) is 12.4. The molecule has 0 aliphatic rings. The molecule has 0 aliphatic carbocycles. The lowest BCUT2D eigenvalue weighted by Crippen LogP contribution is -2.41. The molecule has 2 aromatic rings. The third-order valence-corrected chi connectivity index (χ3v) is 6.40. The summed E-state index contributed by atoms with van der Waals surface area (Å²) in [5, 5.41) is 4.32. The van der Waals surface area contributed by atoms with E-state index in [-0.39, 0.29) is 4.21 Å². The summed E-state index contributed by atoms with van der Waals surface area (Å²) >= 11 is 1.08. The van der Waals surface area contributed by atoms with Crippen molar-refractivity contribution in [1.29, 1.82) is 0 Å². The van der Waals surface area contributed by atoms with E-state index in [1.165, 1.54) is 20.1 Å². The zero-order chi connectivity index (χ0) is 19.9. The maximum atomic E-state index is 12.4. The number of ether oxygens (including phenoxy) is 3. The second-order valence-electron chi connectivity index (χ2n) is 5.47. The molecule has 2 rings (SSSR count). The van der Waals surface area contributed by atoms with Crippen LogP contribution in [0.15, 0.2) is 39.9 Å². The average Bonchev–Trinajstić information content (AvgIpc) is 3.17. The third-order valence-electron chi connectivity index (χ3n) is 3.46. The lowest BCUT2D eigenvalue weighted by atomic mass is 10.2. The van der Waals surface area contributed by atoms with E-state index in [1.54, 1.807) is 36.8 Å². The molecule has 1 heterocycles. The number of carbonyl (C=O) groups excluding carboxylic acids is 1. The van der Waals surface area contributed by atoms with Crippen molar-refractivity contribution in [3.05, 3.63) is 35.7 Å². The van der Waals surface area contributed by atoms with Gasteiger partial charge in [0.1, 0.15) is 10.8 Å². The second-order valence-corrected chi connectivity index (χ2v) is 8.36. The van der Waals surface area contributed by atoms with Crippen LogP contribution in [0.1, 0.15) is 6.92 Å². The molecule has 27 heavy (non-hydrogen) atoms. The van der Waals surface area contributed by atoms with Crippen LogP contribution in [0.25, 0.3) is 0 Å². The van der Waals surface area contributed by atoms with Crippen LogP contribution in [0.2, 0.25) is 0 Å². The van der Waals surface area contributed by atoms with E-state index in [0.29, 0.717) is 30.4 Å². The molecule has 0 aliphatic heterocycles. The van der Waals surface area contributed by atoms with Gasteiger partial charge in [0.05, 0.1) is 19.8 Å². The monoisotopic (exact) mass is 414 g/mol. The lowest BCUT2D eigenvalue weighted by molar-refractivity contribution is -0.117. The average molecular weight is 415 g/mol. The molecule has 1 aromatic carbocycles. The molecule has 2 N–H and O–H groups in total. The van der Waals surface area contributed by atoms with E-state index < -0.39 is 22.0 Å². The number of anilines is 1. The van der Waals surface area contributed by atoms with E-state index in [9.17, 15) is 13.2 Å². The van der Waals surface area contributed by atoms with Crippen LogP contribution < -0.4 is 19.5 Å². The molecular formula is C17H22N2O6S2. The number of hydrogen-bond acceptors (Lipinski definition) is 7. The molecular weight excluding hydrogens is 392 g/mol. The Morgan fingerprint density at radius 1 is 1.19 bits per heavy atom. The number of rotatable bonds is 10. The van der Waals surface area contributed by atoms with E-state index in [1.807, 2.05) is 0 Å². The molecule has 0 saturated carbocycles. The highest BCUT2D eigenvalue weighted by Gasteiger charge is 2.23. The third kappa shape index (κ3) is 5.93. The van der Waals surface area contributed by atoms with Crippen molar-refractivity contribution in [3.63, 3.8) is 0 Å². The van der Waals surface area contributed by atoms with Gasteiger partial charge in [0.15, 0.2) is 11.5 Å². The van der Waals surface area contributed by atoms with Crippen molar-refractivity contribution in [3.8, 4) is 11.5 Å². The van der Waals surface area contributed by atoms with Crippen LogP contribution in [-0.4, -0.2) is 47.8 Å². The quantitative estimate of drug-likeness (QED) is 0.577. The van der Waals surface area contributed by atoms with Crippen molar-refractivity contribution >= 4 is 33.0 Å². The Balaban J connectivity index is 2.04. The summed E-state index contributed by atoms with van der Waals surface area (Å²) < 4.78 is 42.7. The van der Waals surface area contributed by atoms with Crippen molar-refractivity contribution in [2.75, 3.05) is 32.8 Å². The van der Waals surface area contributed by atoms with Crippen molar-refractivity contribution in [2.45, 2.75) is 17.2 Å². The summed E-state index contributed by atoms with van der Waals surface area (Å²) in [7, 11) is -0.661. The standard InChI is InChI=1S/C17H22N2O6S2/c1-12(19-27(21,22)16-5-4-10-26-16)17(20)18-13-6-7-14(24-3)15(11-13)25-9-8-23-2/h4-7,10-12,19H,8-9H2,1-3H3,(H,18,20). The fraction of sp³-hybridized carbons (Fsp3) is 0.353. The highest BCUT2D eigenvalue weighted by Crippen LogP contribution is 2.30. The van der Waals surface area contributed by atoms with Crippen LogP contribution in [0.4, 0.5) is 5.69 Å². The molecule has 0 saturated heterocycles. The Bertz CT molecular complexity index is 852. The summed E-state index contributed by atoms with van der Waals surface area (Å²) in [5.74, 6) is 0.456. The van der Waals surface area contributed by atoms with E-state index in [4.69, 9.17) is 14.2 Å². The minimum Gasteiger partial charge on any atom is -0.493 e. The van der Waals surface area contributed by atoms with E-state index in [0.717, 1.165) is 11.3 Å². The van der Waals surface area contributed by atoms with E-state index >= 15 is 0 Å². The van der Waals surface area contributed by atoms with Gasteiger partial charge in [0.25, 0.3) is 10.0 Å². The van der Waals surface area contributed by atoms with Crippen LogP contribution in [0.3, 0.4) is 0 Å². The predicted octanol–water partition coefficient (Wildman–Crippen LogP) is 2.09. The maximum absolute atomic E-state index is 12.4. The zero-order valence-corrected chi connectivity index (χ0v) is 16.9. The smallest absolute Gasteiger partial charge is 0.250 e. The Hall–Kier alpha value is -2.14. The van der Waals surface area contributed by atoms with Crippen LogP contribution in [-0.2, 0) is 19.6 Å². The van der Waals surface area contributed by atoms with Gasteiger partial charge in [0.2, 0.25) is 5.91 Å². The molecule has 0 spiro atoms. The first-order valence-corrected chi connectivity index (χ1v) is 10.4. The summed E-state index contributed by atoms with van der Waals surface area (Å²) in [6.45, 7) is 2.20. The summed E-state index contributed by atoms with van der Waals surface area (Å²) in [6, 6.07) is 7.04. The molecule has 0 bridgehead atoms. The van der Waals surface area contributed by atoms with E-state index in [2.05, 4.69) is 10.0 Å². The Morgan fingerprint density at radius 2 is 1.96 bits per heavy atom. The van der Waals surface area contributed by atoms with Gasteiger partial charge in [-0.1, -0.05) is 6.07 Å². The largest absolute Gasteiger partial charge is 0.493 e. The highest BCUT2D eigenvalue weighted by atomic mass is 32.2. The Kier molecular flexibility index (Phi) is 7.60. The molecule has 1 amide bonds. The molecule has 0 radical (unpaired) electrons. The van der Waals surface area contributed by atoms with Crippen LogP contribution >= 0.6 is 11.3 Å². The van der Waals surface area contributed by atoms with Crippen LogP contribution in [0.5, 0.6) is 11.5 Å². The predicted molar refractivity (Wildman–Crippen MR) is 103 cm³/mol. The molecule has 8 nitrogen and oxygen atoms in total. The maximum Gasteiger partial charge on any atom is 0.250 e. The SMILES string of the molecule is COCCOc1cc(NC(=O)C(C)NS(=O)(=O)c2cccs2)ccc1OC. The van der Waals surface area contributed by atoms with Crippen LogP contribution in [0, 0.1) is 0 Å². The van der Waals surface area contributed by atoms with Crippen molar-refractivity contribution in [1.82, 2.24) is 4.72 Å². The number of carbonyl (C=O) groups is 1. The number of sulfonamides is 1.